The molecular formula is C18H24N4O. The summed E-state index contributed by atoms with van der Waals surface area (Å²) in [5.74, 6) is 2.48. The number of hydrogen-bond acceptors (Lipinski definition) is 5. The molecule has 0 radical (unpaired) electrons. The molecule has 0 saturated carbocycles. The summed E-state index contributed by atoms with van der Waals surface area (Å²) in [5.41, 5.74) is 1.94. The molecule has 3 rings (SSSR count). The molecule has 2 heterocycles. The minimum Gasteiger partial charge on any atom is -0.497 e. The highest BCUT2D eigenvalue weighted by Crippen LogP contribution is 2.23. The standard InChI is InChI=1S/C18H24N4O/c1-14-12-17(20-15-8-7-9-16(13-15)23-2)21-18(19-14)22-10-5-3-4-6-11-22/h7-9,12-13H,3-6,10-11H2,1-2H3,(H,19,20,21). The van der Waals surface area contributed by atoms with Gasteiger partial charge in [0.05, 0.1) is 7.11 Å². The van der Waals surface area contributed by atoms with Gasteiger partial charge in [0, 0.05) is 36.6 Å². The Hall–Kier alpha value is -2.30. The van der Waals surface area contributed by atoms with Crippen LogP contribution in [0.5, 0.6) is 5.75 Å². The first-order chi connectivity index (χ1) is 11.2. The number of benzene rings is 1. The van der Waals surface area contributed by atoms with Gasteiger partial charge in [-0.05, 0) is 31.9 Å². The van der Waals surface area contributed by atoms with E-state index in [1.54, 1.807) is 7.11 Å². The molecule has 2 aromatic rings. The summed E-state index contributed by atoms with van der Waals surface area (Å²) in [5, 5.41) is 3.36. The number of aromatic nitrogens is 2. The van der Waals surface area contributed by atoms with Crippen molar-refractivity contribution in [2.75, 3.05) is 30.4 Å². The van der Waals surface area contributed by atoms with Gasteiger partial charge in [-0.25, -0.2) is 4.98 Å². The molecule has 5 nitrogen and oxygen atoms in total. The maximum absolute atomic E-state index is 5.27. The quantitative estimate of drug-likeness (QED) is 0.927. The number of methoxy groups -OCH3 is 1. The number of ether oxygens (including phenoxy) is 1. The molecule has 1 aliphatic heterocycles. The first kappa shape index (κ1) is 15.6. The van der Waals surface area contributed by atoms with Crippen LogP contribution in [0.15, 0.2) is 30.3 Å². The Bertz CT molecular complexity index is 651. The maximum Gasteiger partial charge on any atom is 0.227 e. The number of hydrogen-bond donors (Lipinski definition) is 1. The lowest BCUT2D eigenvalue weighted by molar-refractivity contribution is 0.415. The summed E-state index contributed by atoms with van der Waals surface area (Å²) in [7, 11) is 1.67. The van der Waals surface area contributed by atoms with Gasteiger partial charge in [-0.3, -0.25) is 0 Å². The number of nitrogens with zero attached hydrogens (tertiary/aromatic N) is 3. The Morgan fingerprint density at radius 3 is 2.57 bits per heavy atom. The van der Waals surface area contributed by atoms with Crippen molar-refractivity contribution in [1.82, 2.24) is 9.97 Å². The fourth-order valence-electron chi connectivity index (χ4n) is 2.88. The molecule has 0 amide bonds. The zero-order valence-electron chi connectivity index (χ0n) is 13.9. The van der Waals surface area contributed by atoms with E-state index >= 15 is 0 Å². The number of rotatable bonds is 4. The third-order valence-corrected chi connectivity index (χ3v) is 4.07. The van der Waals surface area contributed by atoms with Crippen LogP contribution in [0.4, 0.5) is 17.5 Å². The van der Waals surface area contributed by atoms with E-state index in [0.29, 0.717) is 0 Å². The van der Waals surface area contributed by atoms with Gasteiger partial charge in [0.25, 0.3) is 0 Å². The zero-order valence-corrected chi connectivity index (χ0v) is 13.9. The predicted molar refractivity (Wildman–Crippen MR) is 93.7 cm³/mol. The van der Waals surface area contributed by atoms with Crippen molar-refractivity contribution < 1.29 is 4.74 Å². The van der Waals surface area contributed by atoms with Gasteiger partial charge in [-0.1, -0.05) is 18.9 Å². The highest BCUT2D eigenvalue weighted by molar-refractivity contribution is 5.59. The molecule has 1 aromatic heterocycles. The number of aryl methyl sites for hydroxylation is 1. The average Bonchev–Trinajstić information content (AvgIpc) is 2.84. The fraction of sp³-hybridized carbons (Fsp3) is 0.444. The van der Waals surface area contributed by atoms with Gasteiger partial charge >= 0.3 is 0 Å². The lowest BCUT2D eigenvalue weighted by atomic mass is 10.2. The Kier molecular flexibility index (Phi) is 4.95. The first-order valence-electron chi connectivity index (χ1n) is 8.26. The van der Waals surface area contributed by atoms with E-state index in [0.717, 1.165) is 42.0 Å². The minimum absolute atomic E-state index is 0.824. The SMILES string of the molecule is COc1cccc(Nc2cc(C)nc(N3CCCCCC3)n2)c1. The van der Waals surface area contributed by atoms with Crippen LogP contribution >= 0.6 is 0 Å². The van der Waals surface area contributed by atoms with E-state index in [-0.39, 0.29) is 0 Å². The smallest absolute Gasteiger partial charge is 0.227 e. The van der Waals surface area contributed by atoms with Crippen molar-refractivity contribution in [2.24, 2.45) is 0 Å². The van der Waals surface area contributed by atoms with Crippen molar-refractivity contribution in [1.29, 1.82) is 0 Å². The van der Waals surface area contributed by atoms with Crippen LogP contribution in [0.1, 0.15) is 31.4 Å². The molecule has 1 aromatic carbocycles. The highest BCUT2D eigenvalue weighted by Gasteiger charge is 2.14. The summed E-state index contributed by atoms with van der Waals surface area (Å²) in [6, 6.07) is 9.83. The van der Waals surface area contributed by atoms with E-state index in [1.165, 1.54) is 25.7 Å². The van der Waals surface area contributed by atoms with Gasteiger partial charge < -0.3 is 15.0 Å². The molecule has 23 heavy (non-hydrogen) atoms. The van der Waals surface area contributed by atoms with E-state index in [1.807, 2.05) is 37.3 Å². The van der Waals surface area contributed by atoms with E-state index in [2.05, 4.69) is 15.2 Å². The Balaban J connectivity index is 1.81. The molecule has 0 unspecified atom stereocenters. The summed E-state index contributed by atoms with van der Waals surface area (Å²) in [4.78, 5) is 11.6. The van der Waals surface area contributed by atoms with Gasteiger partial charge in [0.1, 0.15) is 11.6 Å². The normalized spacial score (nSPS) is 15.1. The molecule has 0 bridgehead atoms. The first-order valence-corrected chi connectivity index (χ1v) is 8.26. The van der Waals surface area contributed by atoms with Gasteiger partial charge in [-0.15, -0.1) is 0 Å². The van der Waals surface area contributed by atoms with Crippen LogP contribution in [-0.4, -0.2) is 30.2 Å². The van der Waals surface area contributed by atoms with Crippen molar-refractivity contribution in [3.8, 4) is 5.75 Å². The van der Waals surface area contributed by atoms with Crippen molar-refractivity contribution in [2.45, 2.75) is 32.6 Å². The average molecular weight is 312 g/mol. The molecule has 0 aliphatic carbocycles. The topological polar surface area (TPSA) is 50.3 Å². The number of nitrogens with one attached hydrogen (secondary N) is 1. The van der Waals surface area contributed by atoms with Crippen LogP contribution in [-0.2, 0) is 0 Å². The molecule has 1 saturated heterocycles. The van der Waals surface area contributed by atoms with E-state index in [4.69, 9.17) is 9.72 Å². The second kappa shape index (κ2) is 7.31. The molecule has 0 spiro atoms. The number of anilines is 3. The Morgan fingerprint density at radius 2 is 1.83 bits per heavy atom. The molecule has 1 aliphatic rings. The maximum atomic E-state index is 5.27. The van der Waals surface area contributed by atoms with Crippen LogP contribution in [0.2, 0.25) is 0 Å². The van der Waals surface area contributed by atoms with Crippen molar-refractivity contribution >= 4 is 17.5 Å². The van der Waals surface area contributed by atoms with Crippen molar-refractivity contribution in [3.63, 3.8) is 0 Å². The summed E-state index contributed by atoms with van der Waals surface area (Å²) in [6.07, 6.45) is 5.04. The zero-order chi connectivity index (χ0) is 16.1. The Morgan fingerprint density at radius 1 is 1.04 bits per heavy atom. The largest absolute Gasteiger partial charge is 0.497 e. The molecule has 5 heteroatoms. The third kappa shape index (κ3) is 4.12. The van der Waals surface area contributed by atoms with Gasteiger partial charge in [0.15, 0.2) is 0 Å². The van der Waals surface area contributed by atoms with Crippen LogP contribution < -0.4 is 15.0 Å². The van der Waals surface area contributed by atoms with E-state index < -0.39 is 0 Å². The molecular weight excluding hydrogens is 288 g/mol. The van der Waals surface area contributed by atoms with Gasteiger partial charge in [-0.2, -0.15) is 4.98 Å². The lowest BCUT2D eigenvalue weighted by Gasteiger charge is -2.21. The minimum atomic E-state index is 0.824. The van der Waals surface area contributed by atoms with E-state index in [9.17, 15) is 0 Å². The van der Waals surface area contributed by atoms with Crippen LogP contribution in [0.25, 0.3) is 0 Å². The van der Waals surface area contributed by atoms with Gasteiger partial charge in [0.2, 0.25) is 5.95 Å². The van der Waals surface area contributed by atoms with Crippen LogP contribution in [0, 0.1) is 6.92 Å². The second-order valence-corrected chi connectivity index (χ2v) is 5.95. The fourth-order valence-corrected chi connectivity index (χ4v) is 2.88. The molecule has 1 N–H and O–H groups in total. The molecule has 0 atom stereocenters. The monoisotopic (exact) mass is 312 g/mol. The summed E-state index contributed by atoms with van der Waals surface area (Å²) in [6.45, 7) is 4.10. The molecule has 122 valence electrons. The van der Waals surface area contributed by atoms with Crippen LogP contribution in [0.3, 0.4) is 0 Å². The predicted octanol–water partition coefficient (Wildman–Crippen LogP) is 3.92. The summed E-state index contributed by atoms with van der Waals surface area (Å²) < 4.78 is 5.27. The second-order valence-electron chi connectivity index (χ2n) is 5.95. The Labute approximate surface area is 137 Å². The lowest BCUT2D eigenvalue weighted by Crippen LogP contribution is -2.26. The van der Waals surface area contributed by atoms with Crippen molar-refractivity contribution in [3.05, 3.63) is 36.0 Å². The molecule has 1 fully saturated rings. The highest BCUT2D eigenvalue weighted by atomic mass is 16.5. The third-order valence-electron chi connectivity index (χ3n) is 4.07. The summed E-state index contributed by atoms with van der Waals surface area (Å²) >= 11 is 0.